The Hall–Kier alpha value is -1.53. The van der Waals surface area contributed by atoms with E-state index in [1.165, 1.54) is 27.0 Å². The van der Waals surface area contributed by atoms with Crippen LogP contribution in [0.5, 0.6) is 0 Å². The van der Waals surface area contributed by atoms with Crippen LogP contribution in [0.3, 0.4) is 0 Å². The van der Waals surface area contributed by atoms with Crippen molar-refractivity contribution in [1.82, 2.24) is 0 Å². The van der Waals surface area contributed by atoms with Crippen molar-refractivity contribution in [2.75, 3.05) is 0 Å². The molecule has 0 N–H and O–H groups in total. The molecule has 2 heteroatoms. The van der Waals surface area contributed by atoms with Gasteiger partial charge in [0.05, 0.1) is 0 Å². The smallest absolute Gasteiger partial charge is 0.109 e. The highest BCUT2D eigenvalue weighted by molar-refractivity contribution is 7.04. The van der Waals surface area contributed by atoms with Crippen molar-refractivity contribution in [1.29, 1.82) is 0 Å². The van der Waals surface area contributed by atoms with Crippen molar-refractivity contribution in [2.45, 2.75) is 39.3 Å². The topological polar surface area (TPSA) is 0 Å². The molecule has 0 saturated heterocycles. The Morgan fingerprint density at radius 2 is 1.52 bits per heavy atom. The number of benzene rings is 2. The summed E-state index contributed by atoms with van der Waals surface area (Å²) in [7, 11) is -1.84. The van der Waals surface area contributed by atoms with E-state index in [-0.39, 0.29) is 5.41 Å². The SMILES string of the molecule is CC(C)(C)c1ccc(C(=C=CCl)[Si](C)(C)c2ccccc2)cc1. The summed E-state index contributed by atoms with van der Waals surface area (Å²) >= 11 is 5.91. The molecule has 0 atom stereocenters. The molecular formula is C21H25ClSi. The molecule has 0 spiro atoms. The van der Waals surface area contributed by atoms with Crippen LogP contribution in [0, 0.1) is 0 Å². The lowest BCUT2D eigenvalue weighted by Gasteiger charge is -2.26. The fourth-order valence-electron chi connectivity index (χ4n) is 2.82. The van der Waals surface area contributed by atoms with Crippen molar-refractivity contribution in [2.24, 2.45) is 0 Å². The molecule has 2 rings (SSSR count). The summed E-state index contributed by atoms with van der Waals surface area (Å²) in [6.45, 7) is 11.4. The quantitative estimate of drug-likeness (QED) is 0.484. The molecular weight excluding hydrogens is 316 g/mol. The van der Waals surface area contributed by atoms with E-state index in [0.29, 0.717) is 0 Å². The standard InChI is InChI=1S/C21H25ClSi/c1-21(2,3)18-13-11-17(12-14-18)20(15-16-22)23(4,5)19-9-7-6-8-10-19/h6-14,16H,1-5H3. The van der Waals surface area contributed by atoms with Gasteiger partial charge in [0.2, 0.25) is 0 Å². The summed E-state index contributed by atoms with van der Waals surface area (Å²) in [6, 6.07) is 19.6. The molecule has 0 fully saturated rings. The van der Waals surface area contributed by atoms with Gasteiger partial charge in [0.25, 0.3) is 0 Å². The molecule has 2 aromatic rings. The van der Waals surface area contributed by atoms with E-state index in [2.05, 4.69) is 94.2 Å². The first-order valence-corrected chi connectivity index (χ1v) is 11.4. The maximum Gasteiger partial charge on any atom is 0.122 e. The van der Waals surface area contributed by atoms with Crippen LogP contribution in [0.15, 0.2) is 65.9 Å². The normalized spacial score (nSPS) is 11.7. The molecule has 0 aliphatic carbocycles. The largest absolute Gasteiger partial charge is 0.122 e. The predicted octanol–water partition coefficient (Wildman–Crippen LogP) is 5.87. The van der Waals surface area contributed by atoms with Crippen molar-refractivity contribution in [3.05, 3.63) is 77.0 Å². The monoisotopic (exact) mass is 340 g/mol. The van der Waals surface area contributed by atoms with Gasteiger partial charge in [-0.15, -0.1) is 5.73 Å². The molecule has 0 amide bonds. The van der Waals surface area contributed by atoms with Gasteiger partial charge in [-0.2, -0.15) is 0 Å². The lowest BCUT2D eigenvalue weighted by atomic mass is 9.87. The van der Waals surface area contributed by atoms with E-state index in [9.17, 15) is 0 Å². The first-order chi connectivity index (χ1) is 10.8. The van der Waals surface area contributed by atoms with Gasteiger partial charge < -0.3 is 0 Å². The third kappa shape index (κ3) is 4.06. The highest BCUT2D eigenvalue weighted by atomic mass is 35.5. The van der Waals surface area contributed by atoms with E-state index in [0.717, 1.165) is 0 Å². The van der Waals surface area contributed by atoms with Crippen LogP contribution in [-0.2, 0) is 5.41 Å². The molecule has 0 aliphatic rings. The fourth-order valence-corrected chi connectivity index (χ4v) is 5.65. The predicted molar refractivity (Wildman–Crippen MR) is 106 cm³/mol. The van der Waals surface area contributed by atoms with Crippen molar-refractivity contribution in [3.63, 3.8) is 0 Å². The molecule has 0 aliphatic heterocycles. The van der Waals surface area contributed by atoms with Gasteiger partial charge in [0, 0.05) is 5.54 Å². The first kappa shape index (κ1) is 17.8. The fraction of sp³-hybridized carbons (Fsp3) is 0.286. The van der Waals surface area contributed by atoms with Gasteiger partial charge in [-0.1, -0.05) is 105 Å². The van der Waals surface area contributed by atoms with E-state index in [4.69, 9.17) is 11.6 Å². The molecule has 0 unspecified atom stereocenters. The summed E-state index contributed by atoms with van der Waals surface area (Å²) in [4.78, 5) is 0. The molecule has 120 valence electrons. The van der Waals surface area contributed by atoms with Crippen LogP contribution < -0.4 is 5.19 Å². The van der Waals surface area contributed by atoms with Crippen LogP contribution in [0.1, 0.15) is 31.9 Å². The van der Waals surface area contributed by atoms with Crippen LogP contribution in [0.25, 0.3) is 5.20 Å². The van der Waals surface area contributed by atoms with Gasteiger partial charge in [0.1, 0.15) is 8.07 Å². The van der Waals surface area contributed by atoms with Crippen molar-refractivity contribution in [3.8, 4) is 0 Å². The zero-order valence-corrected chi connectivity index (χ0v) is 16.4. The summed E-state index contributed by atoms with van der Waals surface area (Å²) in [5.41, 5.74) is 7.56. The average molecular weight is 341 g/mol. The van der Waals surface area contributed by atoms with E-state index in [1.807, 2.05) is 0 Å². The molecule has 0 aromatic heterocycles. The molecule has 23 heavy (non-hydrogen) atoms. The lowest BCUT2D eigenvalue weighted by Crippen LogP contribution is -2.42. The van der Waals surface area contributed by atoms with Gasteiger partial charge in [-0.3, -0.25) is 0 Å². The Labute approximate surface area is 146 Å². The van der Waals surface area contributed by atoms with E-state index in [1.54, 1.807) is 0 Å². The average Bonchev–Trinajstić information content (AvgIpc) is 2.52. The lowest BCUT2D eigenvalue weighted by molar-refractivity contribution is 0.590. The maximum absolute atomic E-state index is 5.91. The summed E-state index contributed by atoms with van der Waals surface area (Å²) < 4.78 is 0. The van der Waals surface area contributed by atoms with Crippen LogP contribution >= 0.6 is 11.6 Å². The minimum Gasteiger partial charge on any atom is -0.109 e. The van der Waals surface area contributed by atoms with Crippen molar-refractivity contribution < 1.29 is 0 Å². The van der Waals surface area contributed by atoms with Gasteiger partial charge in [0.15, 0.2) is 0 Å². The summed E-state index contributed by atoms with van der Waals surface area (Å²) in [5, 5.41) is 2.63. The van der Waals surface area contributed by atoms with Crippen molar-refractivity contribution >= 4 is 30.1 Å². The Kier molecular flexibility index (Phi) is 5.36. The first-order valence-electron chi connectivity index (χ1n) is 7.99. The minimum atomic E-state index is -1.84. The Balaban J connectivity index is 2.50. The third-order valence-corrected chi connectivity index (χ3v) is 7.93. The molecule has 0 heterocycles. The molecule has 2 aromatic carbocycles. The minimum absolute atomic E-state index is 0.164. The summed E-state index contributed by atoms with van der Waals surface area (Å²) in [6.07, 6.45) is 0. The van der Waals surface area contributed by atoms with Gasteiger partial charge in [-0.25, -0.2) is 0 Å². The third-order valence-electron chi connectivity index (χ3n) is 4.36. The number of hydrogen-bond acceptors (Lipinski definition) is 0. The van der Waals surface area contributed by atoms with Gasteiger partial charge in [-0.05, 0) is 21.7 Å². The second-order valence-electron chi connectivity index (χ2n) is 7.45. The highest BCUT2D eigenvalue weighted by Gasteiger charge is 2.29. The molecule has 0 bridgehead atoms. The Morgan fingerprint density at radius 1 is 0.957 bits per heavy atom. The molecule has 0 radical (unpaired) electrons. The summed E-state index contributed by atoms with van der Waals surface area (Å²) in [5.74, 6) is 0. The Bertz CT molecular complexity index is 713. The van der Waals surface area contributed by atoms with Crippen LogP contribution in [0.4, 0.5) is 0 Å². The highest BCUT2D eigenvalue weighted by Crippen LogP contribution is 2.28. The van der Waals surface area contributed by atoms with Crippen LogP contribution in [-0.4, -0.2) is 8.07 Å². The van der Waals surface area contributed by atoms with Crippen LogP contribution in [0.2, 0.25) is 13.1 Å². The maximum atomic E-state index is 5.91. The number of hydrogen-bond donors (Lipinski definition) is 0. The number of rotatable bonds is 3. The van der Waals surface area contributed by atoms with E-state index < -0.39 is 8.07 Å². The second kappa shape index (κ2) is 6.92. The van der Waals surface area contributed by atoms with Gasteiger partial charge >= 0.3 is 0 Å². The molecule has 0 saturated carbocycles. The number of halogens is 1. The zero-order chi connectivity index (χ0) is 17.1. The zero-order valence-electron chi connectivity index (χ0n) is 14.7. The molecule has 0 nitrogen and oxygen atoms in total. The van der Waals surface area contributed by atoms with E-state index >= 15 is 0 Å². The second-order valence-corrected chi connectivity index (χ2v) is 12.0. The Morgan fingerprint density at radius 3 is 2.00 bits per heavy atom.